The van der Waals surface area contributed by atoms with Crippen LogP contribution in [-0.4, -0.2) is 18.4 Å². The molecule has 1 N–H and O–H groups in total. The van der Waals surface area contributed by atoms with Crippen LogP contribution in [0.2, 0.25) is 0 Å². The van der Waals surface area contributed by atoms with Gasteiger partial charge in [-0.1, -0.05) is 68.0 Å². The van der Waals surface area contributed by atoms with E-state index in [2.05, 4.69) is 36.5 Å². The molecule has 0 radical (unpaired) electrons. The fourth-order valence-electron chi connectivity index (χ4n) is 3.24. The maximum Gasteiger partial charge on any atom is 0.229 e. The minimum absolute atomic E-state index is 0.0170. The van der Waals surface area contributed by atoms with Crippen LogP contribution in [0.5, 0.6) is 0 Å². The summed E-state index contributed by atoms with van der Waals surface area (Å²) in [5, 5.41) is 2.86. The maximum absolute atomic E-state index is 13.0. The number of hydrogen-bond donors (Lipinski definition) is 1. The Morgan fingerprint density at radius 2 is 1.67 bits per heavy atom. The lowest BCUT2D eigenvalue weighted by Crippen LogP contribution is -2.35. The highest BCUT2D eigenvalue weighted by atomic mass is 16.2. The summed E-state index contributed by atoms with van der Waals surface area (Å²) in [5.74, 6) is 0.0364. The predicted molar refractivity (Wildman–Crippen MR) is 110 cm³/mol. The van der Waals surface area contributed by atoms with E-state index in [1.807, 2.05) is 41.3 Å². The van der Waals surface area contributed by atoms with Gasteiger partial charge in [-0.25, -0.2) is 0 Å². The molecule has 27 heavy (non-hydrogen) atoms. The zero-order valence-corrected chi connectivity index (χ0v) is 15.8. The second-order valence-corrected chi connectivity index (χ2v) is 6.77. The van der Waals surface area contributed by atoms with Crippen LogP contribution in [0.25, 0.3) is 12.2 Å². The Hall–Kier alpha value is -2.88. The van der Waals surface area contributed by atoms with Crippen LogP contribution in [0.1, 0.15) is 49.3 Å². The number of carbonyl (C=O) groups is 2. The summed E-state index contributed by atoms with van der Waals surface area (Å²) in [6.07, 6.45) is 6.84. The molecule has 1 aliphatic rings. The summed E-state index contributed by atoms with van der Waals surface area (Å²) in [6.45, 7) is 2.96. The molecule has 2 aromatic rings. The molecule has 0 spiro atoms. The summed E-state index contributed by atoms with van der Waals surface area (Å²) < 4.78 is 0. The number of rotatable bonds is 6. The number of benzene rings is 2. The molecule has 0 aliphatic carbocycles. The van der Waals surface area contributed by atoms with Gasteiger partial charge in [-0.3, -0.25) is 9.59 Å². The minimum atomic E-state index is 0.0170. The molecule has 0 aromatic heterocycles. The predicted octanol–water partition coefficient (Wildman–Crippen LogP) is 4.40. The Morgan fingerprint density at radius 1 is 0.963 bits per heavy atom. The fourth-order valence-corrected chi connectivity index (χ4v) is 3.24. The molecular weight excluding hydrogens is 336 g/mol. The van der Waals surface area contributed by atoms with E-state index in [1.54, 1.807) is 0 Å². The number of nitrogens with zero attached hydrogens (tertiary/aromatic N) is 1. The maximum atomic E-state index is 13.0. The summed E-state index contributed by atoms with van der Waals surface area (Å²) >= 11 is 0. The number of nitrogens with one attached hydrogen (secondary N) is 1. The van der Waals surface area contributed by atoms with Gasteiger partial charge in [0.2, 0.25) is 11.8 Å². The summed E-state index contributed by atoms with van der Waals surface area (Å²) in [4.78, 5) is 26.6. The monoisotopic (exact) mass is 362 g/mol. The Labute approximate surface area is 160 Å². The van der Waals surface area contributed by atoms with Gasteiger partial charge >= 0.3 is 0 Å². The van der Waals surface area contributed by atoms with E-state index in [-0.39, 0.29) is 18.2 Å². The molecule has 1 heterocycles. The first-order chi connectivity index (χ1) is 13.2. The van der Waals surface area contributed by atoms with Gasteiger partial charge < -0.3 is 10.2 Å². The number of amides is 2. The molecule has 0 saturated carbocycles. The molecule has 0 unspecified atom stereocenters. The third-order valence-electron chi connectivity index (χ3n) is 4.77. The molecular formula is C23H26N2O2. The van der Waals surface area contributed by atoms with E-state index in [1.165, 1.54) is 0 Å². The molecule has 3 rings (SSSR count). The average molecular weight is 362 g/mol. The molecule has 0 saturated heterocycles. The van der Waals surface area contributed by atoms with Crippen molar-refractivity contribution >= 4 is 29.7 Å². The van der Waals surface area contributed by atoms with Crippen molar-refractivity contribution < 1.29 is 9.59 Å². The van der Waals surface area contributed by atoms with Crippen LogP contribution in [0.15, 0.2) is 48.5 Å². The van der Waals surface area contributed by atoms with Crippen molar-refractivity contribution in [2.75, 3.05) is 11.4 Å². The van der Waals surface area contributed by atoms with Gasteiger partial charge in [0.1, 0.15) is 0 Å². The first-order valence-corrected chi connectivity index (χ1v) is 9.61. The third-order valence-corrected chi connectivity index (χ3v) is 4.77. The van der Waals surface area contributed by atoms with Crippen LogP contribution >= 0.6 is 0 Å². The highest BCUT2D eigenvalue weighted by Crippen LogP contribution is 2.29. The standard InChI is InChI=1S/C23H26N2O2/c1-2-3-12-22(26)24-16-15-23(27)25-17-20-10-5-4-8-18(20)13-14-19-9-6-7-11-21(19)25/h4-11,13-14H,2-3,12,15-17H2,1H3,(H,24,26)/b14-13-. The Bertz CT molecular complexity index is 842. The minimum Gasteiger partial charge on any atom is -0.356 e. The van der Waals surface area contributed by atoms with Crippen molar-refractivity contribution in [1.82, 2.24) is 5.32 Å². The van der Waals surface area contributed by atoms with Gasteiger partial charge in [0.05, 0.1) is 12.2 Å². The first-order valence-electron chi connectivity index (χ1n) is 9.61. The summed E-state index contributed by atoms with van der Waals surface area (Å²) in [6, 6.07) is 16.1. The Balaban J connectivity index is 1.76. The van der Waals surface area contributed by atoms with Crippen LogP contribution in [0.4, 0.5) is 5.69 Å². The number of fused-ring (bicyclic) bond motifs is 2. The highest BCUT2D eigenvalue weighted by molar-refractivity contribution is 5.97. The van der Waals surface area contributed by atoms with Crippen molar-refractivity contribution in [3.8, 4) is 0 Å². The van der Waals surface area contributed by atoms with Crippen molar-refractivity contribution in [3.63, 3.8) is 0 Å². The number of hydrogen-bond acceptors (Lipinski definition) is 2. The van der Waals surface area contributed by atoms with Crippen molar-refractivity contribution in [3.05, 3.63) is 65.2 Å². The summed E-state index contributed by atoms with van der Waals surface area (Å²) in [5.41, 5.74) is 4.17. The van der Waals surface area contributed by atoms with Gasteiger partial charge in [-0.15, -0.1) is 0 Å². The second kappa shape index (κ2) is 9.17. The largest absolute Gasteiger partial charge is 0.356 e. The smallest absolute Gasteiger partial charge is 0.229 e. The highest BCUT2D eigenvalue weighted by Gasteiger charge is 2.20. The van der Waals surface area contributed by atoms with Gasteiger partial charge in [0, 0.05) is 19.4 Å². The second-order valence-electron chi connectivity index (χ2n) is 6.77. The quantitative estimate of drug-likeness (QED) is 0.828. The molecule has 0 bridgehead atoms. The third kappa shape index (κ3) is 4.85. The zero-order valence-electron chi connectivity index (χ0n) is 15.8. The molecule has 140 valence electrons. The Kier molecular flexibility index (Phi) is 6.42. The molecule has 1 aliphatic heterocycles. The van der Waals surface area contributed by atoms with Gasteiger partial charge in [-0.2, -0.15) is 0 Å². The number of unbranched alkanes of at least 4 members (excludes halogenated alkanes) is 1. The molecule has 4 nitrogen and oxygen atoms in total. The zero-order chi connectivity index (χ0) is 19.1. The molecule has 2 amide bonds. The van der Waals surface area contributed by atoms with Crippen molar-refractivity contribution in [2.45, 2.75) is 39.2 Å². The van der Waals surface area contributed by atoms with E-state index in [9.17, 15) is 9.59 Å². The lowest BCUT2D eigenvalue weighted by molar-refractivity contribution is -0.121. The van der Waals surface area contributed by atoms with E-state index in [0.717, 1.165) is 35.2 Å². The van der Waals surface area contributed by atoms with E-state index >= 15 is 0 Å². The summed E-state index contributed by atoms with van der Waals surface area (Å²) in [7, 11) is 0. The van der Waals surface area contributed by atoms with Crippen LogP contribution in [0.3, 0.4) is 0 Å². The first kappa shape index (κ1) is 18.9. The number of carbonyl (C=O) groups excluding carboxylic acids is 2. The van der Waals surface area contributed by atoms with Crippen LogP contribution in [0, 0.1) is 0 Å². The van der Waals surface area contributed by atoms with Gasteiger partial charge in [0.25, 0.3) is 0 Å². The number of para-hydroxylation sites is 1. The topological polar surface area (TPSA) is 49.4 Å². The van der Waals surface area contributed by atoms with E-state index < -0.39 is 0 Å². The molecule has 0 atom stereocenters. The normalized spacial score (nSPS) is 13.7. The van der Waals surface area contributed by atoms with Crippen molar-refractivity contribution in [1.29, 1.82) is 0 Å². The van der Waals surface area contributed by atoms with Crippen LogP contribution < -0.4 is 10.2 Å². The Morgan fingerprint density at radius 3 is 2.48 bits per heavy atom. The fraction of sp³-hybridized carbons (Fsp3) is 0.304. The lowest BCUT2D eigenvalue weighted by Gasteiger charge is -2.27. The van der Waals surface area contributed by atoms with Gasteiger partial charge in [-0.05, 0) is 29.2 Å². The molecule has 4 heteroatoms. The van der Waals surface area contributed by atoms with Crippen LogP contribution in [-0.2, 0) is 16.1 Å². The van der Waals surface area contributed by atoms with Gasteiger partial charge in [0.15, 0.2) is 0 Å². The lowest BCUT2D eigenvalue weighted by atomic mass is 10.0. The molecule has 2 aromatic carbocycles. The van der Waals surface area contributed by atoms with E-state index in [0.29, 0.717) is 19.5 Å². The van der Waals surface area contributed by atoms with Crippen molar-refractivity contribution in [2.24, 2.45) is 0 Å². The van der Waals surface area contributed by atoms with E-state index in [4.69, 9.17) is 0 Å². The number of anilines is 1. The SMILES string of the molecule is CCCCC(=O)NCCC(=O)N1Cc2ccccc2/C=C\c2ccccc21. The molecule has 0 fully saturated rings. The average Bonchev–Trinajstić information content (AvgIpc) is 2.68.